The smallest absolute Gasteiger partial charge is 0.329 e. The molecule has 34 heavy (non-hydrogen) atoms. The van der Waals surface area contributed by atoms with Crippen LogP contribution in [-0.2, 0) is 30.9 Å². The lowest BCUT2D eigenvalue weighted by atomic mass is 10.0. The highest BCUT2D eigenvalue weighted by Gasteiger charge is 2.31. The van der Waals surface area contributed by atoms with Crippen molar-refractivity contribution in [2.45, 2.75) is 38.3 Å². The van der Waals surface area contributed by atoms with Crippen molar-refractivity contribution in [3.8, 4) is 0 Å². The fraction of sp³-hybridized carbons (Fsp3) is 0.435. The molecule has 2 aromatic carbocycles. The Balaban J connectivity index is 1.81. The number of sulfonamides is 1. The second-order valence-electron chi connectivity index (χ2n) is 8.42. The number of nitrogens with one attached hydrogen (secondary N) is 1. The van der Waals surface area contributed by atoms with E-state index in [1.807, 2.05) is 31.2 Å². The number of carbonyl (C=O) groups excluding carboxylic acids is 1. The van der Waals surface area contributed by atoms with E-state index in [9.17, 15) is 23.3 Å². The number of nitro benzene ring substituents is 1. The Morgan fingerprint density at radius 1 is 1.21 bits per heavy atom. The zero-order chi connectivity index (χ0) is 24.9. The van der Waals surface area contributed by atoms with E-state index in [0.717, 1.165) is 17.2 Å². The Morgan fingerprint density at radius 3 is 2.53 bits per heavy atom. The molecule has 1 atom stereocenters. The highest BCUT2D eigenvalue weighted by Crippen LogP contribution is 2.30. The maximum Gasteiger partial charge on any atom is 0.329 e. The predicted molar refractivity (Wildman–Crippen MR) is 126 cm³/mol. The lowest BCUT2D eigenvalue weighted by Gasteiger charge is -2.26. The van der Waals surface area contributed by atoms with Gasteiger partial charge in [-0.15, -0.1) is 0 Å². The van der Waals surface area contributed by atoms with Crippen molar-refractivity contribution < 1.29 is 27.6 Å². The minimum atomic E-state index is -3.91. The van der Waals surface area contributed by atoms with Gasteiger partial charge in [0.25, 0.3) is 5.69 Å². The van der Waals surface area contributed by atoms with Crippen molar-refractivity contribution >= 4 is 27.4 Å². The number of ether oxygens (including phenoxy) is 2. The number of carbonyl (C=O) groups is 1. The van der Waals surface area contributed by atoms with Gasteiger partial charge in [-0.25, -0.2) is 13.2 Å². The van der Waals surface area contributed by atoms with Crippen LogP contribution in [0.2, 0.25) is 0 Å². The first-order valence-electron chi connectivity index (χ1n) is 10.9. The number of aryl methyl sites for hydroxylation is 1. The number of esters is 1. The first kappa shape index (κ1) is 25.6. The quantitative estimate of drug-likeness (QED) is 0.322. The Bertz CT molecular complexity index is 1150. The molecule has 0 aromatic heterocycles. The van der Waals surface area contributed by atoms with Crippen molar-refractivity contribution in [1.29, 1.82) is 0 Å². The van der Waals surface area contributed by atoms with Gasteiger partial charge in [-0.3, -0.25) is 10.1 Å². The molecule has 1 fully saturated rings. The van der Waals surface area contributed by atoms with Crippen molar-refractivity contribution in [2.75, 3.05) is 31.6 Å². The molecule has 0 aliphatic carbocycles. The minimum absolute atomic E-state index is 0.0390. The molecule has 0 amide bonds. The second-order valence-corrected chi connectivity index (χ2v) is 10.4. The largest absolute Gasteiger partial charge is 0.459 e. The van der Waals surface area contributed by atoms with Crippen LogP contribution in [0.1, 0.15) is 25.0 Å². The number of hydrogen-bond donors (Lipinski definition) is 1. The van der Waals surface area contributed by atoms with E-state index in [4.69, 9.17) is 9.47 Å². The molecule has 11 heteroatoms. The minimum Gasteiger partial charge on any atom is -0.459 e. The highest BCUT2D eigenvalue weighted by molar-refractivity contribution is 7.89. The number of anilines is 1. The standard InChI is InChI=1S/C23H29N3O7S/c1-16(2)22(23(27)33-15-18-6-4-5-17(3)13-18)24-20-8-7-19(14-21(20)26(28)29)34(30,31)25-9-11-32-12-10-25/h4-8,13-14,16,22,24H,9-12,15H2,1-3H3/t22-/m0/s1. The van der Waals surface area contributed by atoms with Crippen LogP contribution in [0.25, 0.3) is 0 Å². The number of rotatable bonds is 9. The van der Waals surface area contributed by atoms with E-state index in [-0.39, 0.29) is 49.4 Å². The van der Waals surface area contributed by atoms with Crippen LogP contribution in [0, 0.1) is 23.0 Å². The summed E-state index contributed by atoms with van der Waals surface area (Å²) < 4.78 is 37.7. The summed E-state index contributed by atoms with van der Waals surface area (Å²) in [5.74, 6) is -0.808. The first-order valence-corrected chi connectivity index (χ1v) is 12.4. The molecule has 184 valence electrons. The lowest BCUT2D eigenvalue weighted by molar-refractivity contribution is -0.384. The van der Waals surface area contributed by atoms with Crippen LogP contribution in [0.5, 0.6) is 0 Å². The average Bonchev–Trinajstić information content (AvgIpc) is 2.81. The third-order valence-electron chi connectivity index (χ3n) is 5.47. The van der Waals surface area contributed by atoms with Gasteiger partial charge in [0.15, 0.2) is 0 Å². The molecule has 0 unspecified atom stereocenters. The van der Waals surface area contributed by atoms with Crippen molar-refractivity contribution in [3.63, 3.8) is 0 Å². The molecule has 0 saturated carbocycles. The molecular weight excluding hydrogens is 462 g/mol. The molecule has 3 rings (SSSR count). The summed E-state index contributed by atoms with van der Waals surface area (Å²) in [6.45, 7) is 6.47. The van der Waals surface area contributed by atoms with Gasteiger partial charge in [-0.05, 0) is 30.5 Å². The van der Waals surface area contributed by atoms with Gasteiger partial charge < -0.3 is 14.8 Å². The van der Waals surface area contributed by atoms with E-state index in [2.05, 4.69) is 5.32 Å². The van der Waals surface area contributed by atoms with Crippen LogP contribution in [0.4, 0.5) is 11.4 Å². The average molecular weight is 492 g/mol. The number of hydrogen-bond acceptors (Lipinski definition) is 8. The van der Waals surface area contributed by atoms with Crippen LogP contribution in [-0.4, -0.2) is 56.0 Å². The topological polar surface area (TPSA) is 128 Å². The summed E-state index contributed by atoms with van der Waals surface area (Å²) >= 11 is 0. The Labute approximate surface area is 199 Å². The third kappa shape index (κ3) is 6.10. The first-order chi connectivity index (χ1) is 16.1. The molecule has 0 radical (unpaired) electrons. The van der Waals surface area contributed by atoms with Crippen LogP contribution in [0.15, 0.2) is 47.4 Å². The molecule has 1 heterocycles. The molecule has 2 aromatic rings. The summed E-state index contributed by atoms with van der Waals surface area (Å²) in [6, 6.07) is 10.3. The summed E-state index contributed by atoms with van der Waals surface area (Å²) in [5.41, 5.74) is 1.47. The van der Waals surface area contributed by atoms with Crippen LogP contribution >= 0.6 is 0 Å². The van der Waals surface area contributed by atoms with Gasteiger partial charge in [0, 0.05) is 19.2 Å². The van der Waals surface area contributed by atoms with E-state index in [1.54, 1.807) is 13.8 Å². The maximum atomic E-state index is 12.9. The van der Waals surface area contributed by atoms with Crippen LogP contribution in [0.3, 0.4) is 0 Å². The van der Waals surface area contributed by atoms with Crippen molar-refractivity contribution in [3.05, 3.63) is 63.7 Å². The monoisotopic (exact) mass is 491 g/mol. The molecule has 1 N–H and O–H groups in total. The van der Waals surface area contributed by atoms with Crippen molar-refractivity contribution in [2.24, 2.45) is 5.92 Å². The number of nitro groups is 1. The van der Waals surface area contributed by atoms with Gasteiger partial charge in [0.2, 0.25) is 10.0 Å². The number of nitrogens with zero attached hydrogens (tertiary/aromatic N) is 2. The molecule has 10 nitrogen and oxygen atoms in total. The van der Waals surface area contributed by atoms with E-state index >= 15 is 0 Å². The summed E-state index contributed by atoms with van der Waals surface area (Å²) in [5, 5.41) is 14.7. The zero-order valence-corrected chi connectivity index (χ0v) is 20.2. The predicted octanol–water partition coefficient (Wildman–Crippen LogP) is 3.10. The summed E-state index contributed by atoms with van der Waals surface area (Å²) in [4.78, 5) is 23.7. The third-order valence-corrected chi connectivity index (χ3v) is 7.36. The molecule has 1 saturated heterocycles. The Morgan fingerprint density at radius 2 is 1.91 bits per heavy atom. The van der Waals surface area contributed by atoms with E-state index < -0.39 is 32.6 Å². The number of benzene rings is 2. The maximum absolute atomic E-state index is 12.9. The molecule has 0 spiro atoms. The number of morpholine rings is 1. The van der Waals surface area contributed by atoms with Gasteiger partial charge in [-0.2, -0.15) is 4.31 Å². The van der Waals surface area contributed by atoms with E-state index in [0.29, 0.717) is 0 Å². The highest BCUT2D eigenvalue weighted by atomic mass is 32.2. The molecular formula is C23H29N3O7S. The van der Waals surface area contributed by atoms with Crippen molar-refractivity contribution in [1.82, 2.24) is 4.31 Å². The summed E-state index contributed by atoms with van der Waals surface area (Å²) in [6.07, 6.45) is 0. The Hall–Kier alpha value is -3.02. The van der Waals surface area contributed by atoms with Gasteiger partial charge in [-0.1, -0.05) is 43.7 Å². The second kappa shape index (κ2) is 10.9. The summed E-state index contributed by atoms with van der Waals surface area (Å²) in [7, 11) is -3.91. The molecule has 0 bridgehead atoms. The van der Waals surface area contributed by atoms with Crippen LogP contribution < -0.4 is 5.32 Å². The Kier molecular flexibility index (Phi) is 8.24. The fourth-order valence-electron chi connectivity index (χ4n) is 3.59. The SMILES string of the molecule is Cc1cccc(COC(=O)[C@@H](Nc2ccc(S(=O)(=O)N3CCOCC3)cc2[N+](=O)[O-])C(C)C)c1. The van der Waals surface area contributed by atoms with Gasteiger partial charge in [0.1, 0.15) is 18.3 Å². The van der Waals surface area contributed by atoms with Gasteiger partial charge in [0.05, 0.1) is 23.0 Å². The normalized spacial score (nSPS) is 15.6. The molecule has 1 aliphatic rings. The van der Waals surface area contributed by atoms with E-state index in [1.165, 1.54) is 16.4 Å². The lowest BCUT2D eigenvalue weighted by Crippen LogP contribution is -2.40. The van der Waals surface area contributed by atoms with Gasteiger partial charge >= 0.3 is 5.97 Å². The fourth-order valence-corrected chi connectivity index (χ4v) is 5.02. The zero-order valence-electron chi connectivity index (χ0n) is 19.4. The molecule has 1 aliphatic heterocycles.